The Bertz CT molecular complexity index is 360. The molecule has 0 aliphatic carbocycles. The molecule has 3 heteroatoms. The lowest BCUT2D eigenvalue weighted by Gasteiger charge is -2.30. The van der Waals surface area contributed by atoms with Crippen LogP contribution in [0.5, 0.6) is 5.75 Å². The zero-order valence-corrected chi connectivity index (χ0v) is 10.0. The molecule has 1 radical (unpaired) electrons. The lowest BCUT2D eigenvalue weighted by Crippen LogP contribution is -2.39. The summed E-state index contributed by atoms with van der Waals surface area (Å²) in [6, 6.07) is 8.22. The molecule has 2 unspecified atom stereocenters. The van der Waals surface area contributed by atoms with E-state index in [0.717, 1.165) is 12.2 Å². The van der Waals surface area contributed by atoms with Gasteiger partial charge < -0.3 is 14.2 Å². The summed E-state index contributed by atoms with van der Waals surface area (Å²) in [4.78, 5) is 0. The molecule has 1 saturated heterocycles. The van der Waals surface area contributed by atoms with Gasteiger partial charge in [-0.3, -0.25) is 0 Å². The monoisotopic (exact) mass is 233 g/mol. The highest BCUT2D eigenvalue weighted by atomic mass is 16.6. The van der Waals surface area contributed by atoms with Crippen LogP contribution in [0.25, 0.3) is 0 Å². The average Bonchev–Trinajstić information content (AvgIpc) is 2.82. The van der Waals surface area contributed by atoms with Crippen LogP contribution >= 0.6 is 0 Å². The largest absolute Gasteiger partial charge is 0.489 e. The summed E-state index contributed by atoms with van der Waals surface area (Å²) < 4.78 is 17.1. The SMILES string of the molecule is C[C](C1COCCO1)C1Cc2ccccc2O1. The van der Waals surface area contributed by atoms with Crippen molar-refractivity contribution in [3.05, 3.63) is 35.7 Å². The van der Waals surface area contributed by atoms with Crippen LogP contribution in [-0.2, 0) is 15.9 Å². The third-order valence-electron chi connectivity index (χ3n) is 3.48. The molecule has 1 aromatic carbocycles. The molecule has 2 aliphatic rings. The molecule has 1 aromatic rings. The molecule has 2 aliphatic heterocycles. The third-order valence-corrected chi connectivity index (χ3v) is 3.48. The fourth-order valence-corrected chi connectivity index (χ4v) is 2.39. The van der Waals surface area contributed by atoms with E-state index >= 15 is 0 Å². The van der Waals surface area contributed by atoms with Gasteiger partial charge in [-0.1, -0.05) is 25.1 Å². The van der Waals surface area contributed by atoms with E-state index in [1.807, 2.05) is 12.1 Å². The van der Waals surface area contributed by atoms with E-state index < -0.39 is 0 Å². The van der Waals surface area contributed by atoms with Crippen molar-refractivity contribution in [3.8, 4) is 5.75 Å². The van der Waals surface area contributed by atoms with E-state index in [1.165, 1.54) is 11.5 Å². The number of ether oxygens (including phenoxy) is 3. The van der Waals surface area contributed by atoms with Gasteiger partial charge >= 0.3 is 0 Å². The minimum Gasteiger partial charge on any atom is -0.489 e. The van der Waals surface area contributed by atoms with Crippen LogP contribution in [0.1, 0.15) is 12.5 Å². The first-order chi connectivity index (χ1) is 8.34. The maximum absolute atomic E-state index is 5.95. The maximum atomic E-state index is 5.95. The Morgan fingerprint density at radius 2 is 2.06 bits per heavy atom. The van der Waals surface area contributed by atoms with Crippen LogP contribution in [-0.4, -0.2) is 32.0 Å². The summed E-state index contributed by atoms with van der Waals surface area (Å²) in [5.74, 6) is 2.24. The van der Waals surface area contributed by atoms with Crippen molar-refractivity contribution < 1.29 is 14.2 Å². The summed E-state index contributed by atoms with van der Waals surface area (Å²) in [5, 5.41) is 0. The van der Waals surface area contributed by atoms with Crippen LogP contribution in [0.15, 0.2) is 24.3 Å². The zero-order chi connectivity index (χ0) is 11.7. The van der Waals surface area contributed by atoms with Crippen molar-refractivity contribution in [2.45, 2.75) is 25.6 Å². The van der Waals surface area contributed by atoms with Gasteiger partial charge in [0.15, 0.2) is 0 Å². The molecule has 2 atom stereocenters. The van der Waals surface area contributed by atoms with Crippen LogP contribution < -0.4 is 4.74 Å². The van der Waals surface area contributed by atoms with Gasteiger partial charge in [0.25, 0.3) is 0 Å². The lowest BCUT2D eigenvalue weighted by atomic mass is 9.94. The van der Waals surface area contributed by atoms with Gasteiger partial charge in [-0.15, -0.1) is 0 Å². The molecule has 2 heterocycles. The Balaban J connectivity index is 1.67. The van der Waals surface area contributed by atoms with Crippen molar-refractivity contribution in [2.75, 3.05) is 19.8 Å². The standard InChI is InChI=1S/C14H17O3/c1-10(14-9-15-6-7-16-14)13-8-11-4-2-3-5-12(11)17-13/h2-5,13-14H,6-9H2,1H3. The summed E-state index contributed by atoms with van der Waals surface area (Å²) in [7, 11) is 0. The van der Waals surface area contributed by atoms with Crippen LogP contribution in [0, 0.1) is 5.92 Å². The second-order valence-corrected chi connectivity index (χ2v) is 4.60. The van der Waals surface area contributed by atoms with Crippen molar-refractivity contribution in [1.29, 1.82) is 0 Å². The molecule has 0 spiro atoms. The Kier molecular flexibility index (Phi) is 3.04. The molecule has 0 saturated carbocycles. The first-order valence-electron chi connectivity index (χ1n) is 6.12. The minimum atomic E-state index is 0.0862. The second-order valence-electron chi connectivity index (χ2n) is 4.60. The Hall–Kier alpha value is -1.06. The summed E-state index contributed by atoms with van der Waals surface area (Å²) in [6.07, 6.45) is 1.17. The molecule has 3 rings (SSSR count). The summed E-state index contributed by atoms with van der Waals surface area (Å²) >= 11 is 0. The highest BCUT2D eigenvalue weighted by Gasteiger charge is 2.34. The number of para-hydroxylation sites is 1. The first kappa shape index (κ1) is 11.1. The average molecular weight is 233 g/mol. The molecule has 91 valence electrons. The van der Waals surface area contributed by atoms with Crippen LogP contribution in [0.3, 0.4) is 0 Å². The normalized spacial score (nSPS) is 27.9. The fourth-order valence-electron chi connectivity index (χ4n) is 2.39. The number of hydrogen-bond donors (Lipinski definition) is 0. The highest BCUT2D eigenvalue weighted by molar-refractivity contribution is 5.39. The third kappa shape index (κ3) is 2.17. The van der Waals surface area contributed by atoms with E-state index in [2.05, 4.69) is 19.1 Å². The van der Waals surface area contributed by atoms with Crippen molar-refractivity contribution in [1.82, 2.24) is 0 Å². The van der Waals surface area contributed by atoms with Gasteiger partial charge in [-0.2, -0.15) is 0 Å². The smallest absolute Gasteiger partial charge is 0.123 e. The fraction of sp³-hybridized carbons (Fsp3) is 0.500. The molecule has 0 bridgehead atoms. The molecule has 1 fully saturated rings. The predicted molar refractivity (Wildman–Crippen MR) is 64.0 cm³/mol. The van der Waals surface area contributed by atoms with Crippen LogP contribution in [0.4, 0.5) is 0 Å². The molecular weight excluding hydrogens is 216 g/mol. The van der Waals surface area contributed by atoms with E-state index in [-0.39, 0.29) is 12.2 Å². The second kappa shape index (κ2) is 4.67. The van der Waals surface area contributed by atoms with Crippen molar-refractivity contribution >= 4 is 0 Å². The van der Waals surface area contributed by atoms with Gasteiger partial charge in [-0.05, 0) is 11.6 Å². The molecule has 17 heavy (non-hydrogen) atoms. The number of fused-ring (bicyclic) bond motifs is 1. The minimum absolute atomic E-state index is 0.0862. The van der Waals surface area contributed by atoms with E-state index in [9.17, 15) is 0 Å². The highest BCUT2D eigenvalue weighted by Crippen LogP contribution is 2.34. The topological polar surface area (TPSA) is 27.7 Å². The molecule has 0 N–H and O–H groups in total. The predicted octanol–water partition coefficient (Wildman–Crippen LogP) is 2.00. The van der Waals surface area contributed by atoms with Gasteiger partial charge in [0.1, 0.15) is 11.9 Å². The van der Waals surface area contributed by atoms with Gasteiger partial charge in [0.05, 0.1) is 25.9 Å². The number of rotatable bonds is 2. The Labute approximate surface area is 102 Å². The molecule has 0 aromatic heterocycles. The van der Waals surface area contributed by atoms with E-state index in [4.69, 9.17) is 14.2 Å². The van der Waals surface area contributed by atoms with Gasteiger partial charge in [0, 0.05) is 12.3 Å². The lowest BCUT2D eigenvalue weighted by molar-refractivity contribution is -0.0877. The van der Waals surface area contributed by atoms with E-state index in [0.29, 0.717) is 19.8 Å². The Morgan fingerprint density at radius 1 is 1.18 bits per heavy atom. The maximum Gasteiger partial charge on any atom is 0.123 e. The number of hydrogen-bond acceptors (Lipinski definition) is 3. The molecule has 0 amide bonds. The summed E-state index contributed by atoms with van der Waals surface area (Å²) in [5.41, 5.74) is 1.29. The summed E-state index contributed by atoms with van der Waals surface area (Å²) in [6.45, 7) is 4.15. The van der Waals surface area contributed by atoms with E-state index in [1.54, 1.807) is 0 Å². The van der Waals surface area contributed by atoms with Crippen molar-refractivity contribution in [3.63, 3.8) is 0 Å². The number of benzene rings is 1. The zero-order valence-electron chi connectivity index (χ0n) is 10.0. The van der Waals surface area contributed by atoms with Gasteiger partial charge in [-0.25, -0.2) is 0 Å². The van der Waals surface area contributed by atoms with Crippen molar-refractivity contribution in [2.24, 2.45) is 0 Å². The van der Waals surface area contributed by atoms with Gasteiger partial charge in [0.2, 0.25) is 0 Å². The quantitative estimate of drug-likeness (QED) is 0.782. The molecular formula is C14H17O3. The Morgan fingerprint density at radius 3 is 2.82 bits per heavy atom. The van der Waals surface area contributed by atoms with Crippen LogP contribution in [0.2, 0.25) is 0 Å². The molecule has 3 nitrogen and oxygen atoms in total. The first-order valence-corrected chi connectivity index (χ1v) is 6.12.